The van der Waals surface area contributed by atoms with Gasteiger partial charge in [-0.3, -0.25) is 0 Å². The van der Waals surface area contributed by atoms with Crippen molar-refractivity contribution >= 4 is 0 Å². The van der Waals surface area contributed by atoms with E-state index in [4.69, 9.17) is 0 Å². The monoisotopic (exact) mass is 209 g/mol. The van der Waals surface area contributed by atoms with Crippen molar-refractivity contribution in [3.05, 3.63) is 11.4 Å². The normalized spacial score (nSPS) is 11.3. The number of aryl methyl sites for hydroxylation is 1. The maximum Gasteiger partial charge on any atom is 0.0861 e. The van der Waals surface area contributed by atoms with Crippen LogP contribution in [-0.2, 0) is 19.4 Å². The summed E-state index contributed by atoms with van der Waals surface area (Å²) in [6.45, 7) is 9.75. The fourth-order valence-corrected chi connectivity index (χ4v) is 1.79. The summed E-state index contributed by atoms with van der Waals surface area (Å²) in [7, 11) is 0. The van der Waals surface area contributed by atoms with Crippen molar-refractivity contribution in [2.24, 2.45) is 5.92 Å². The molecule has 1 rings (SSSR count). The lowest BCUT2D eigenvalue weighted by atomic mass is 10.0. The second kappa shape index (κ2) is 5.89. The number of aromatic nitrogens is 3. The van der Waals surface area contributed by atoms with Gasteiger partial charge < -0.3 is 0 Å². The van der Waals surface area contributed by atoms with Crippen molar-refractivity contribution in [1.82, 2.24) is 15.0 Å². The Labute approximate surface area is 92.9 Å². The number of nitrogens with zero attached hydrogens (tertiary/aromatic N) is 3. The third-order valence-corrected chi connectivity index (χ3v) is 2.59. The predicted molar refractivity (Wildman–Crippen MR) is 62.9 cm³/mol. The van der Waals surface area contributed by atoms with Gasteiger partial charge in [-0.2, -0.15) is 0 Å². The van der Waals surface area contributed by atoms with Gasteiger partial charge in [-0.15, -0.1) is 5.10 Å². The van der Waals surface area contributed by atoms with Crippen molar-refractivity contribution in [2.45, 2.75) is 59.9 Å². The Morgan fingerprint density at radius 2 is 2.00 bits per heavy atom. The van der Waals surface area contributed by atoms with Crippen LogP contribution in [0.1, 0.15) is 51.9 Å². The Morgan fingerprint density at radius 3 is 2.53 bits per heavy atom. The van der Waals surface area contributed by atoms with Crippen LogP contribution < -0.4 is 0 Å². The largest absolute Gasteiger partial charge is 0.249 e. The van der Waals surface area contributed by atoms with E-state index in [1.807, 2.05) is 4.68 Å². The molecule has 0 aromatic carbocycles. The lowest BCUT2D eigenvalue weighted by Gasteiger charge is -2.06. The van der Waals surface area contributed by atoms with Crippen LogP contribution in [-0.4, -0.2) is 15.0 Å². The van der Waals surface area contributed by atoms with E-state index in [0.29, 0.717) is 5.92 Å². The van der Waals surface area contributed by atoms with Gasteiger partial charge in [0.2, 0.25) is 0 Å². The Morgan fingerprint density at radius 1 is 1.27 bits per heavy atom. The Hall–Kier alpha value is -0.860. The van der Waals surface area contributed by atoms with Gasteiger partial charge in [0.05, 0.1) is 11.4 Å². The number of hydrogen-bond acceptors (Lipinski definition) is 2. The first-order valence-electron chi connectivity index (χ1n) is 6.10. The second-order valence-corrected chi connectivity index (χ2v) is 4.50. The van der Waals surface area contributed by atoms with Crippen molar-refractivity contribution in [3.8, 4) is 0 Å². The zero-order chi connectivity index (χ0) is 11.3. The van der Waals surface area contributed by atoms with Crippen molar-refractivity contribution in [1.29, 1.82) is 0 Å². The maximum absolute atomic E-state index is 4.29. The van der Waals surface area contributed by atoms with E-state index in [1.54, 1.807) is 0 Å². The molecular weight excluding hydrogens is 186 g/mol. The van der Waals surface area contributed by atoms with E-state index >= 15 is 0 Å². The number of unbranched alkanes of at least 4 members (excludes halogenated alkanes) is 1. The average Bonchev–Trinajstić information content (AvgIpc) is 2.56. The van der Waals surface area contributed by atoms with E-state index < -0.39 is 0 Å². The predicted octanol–water partition coefficient (Wildman–Crippen LogP) is 2.84. The fourth-order valence-electron chi connectivity index (χ4n) is 1.79. The summed E-state index contributed by atoms with van der Waals surface area (Å²) >= 11 is 0. The molecule has 0 aliphatic rings. The highest BCUT2D eigenvalue weighted by molar-refractivity contribution is 5.11. The van der Waals surface area contributed by atoms with E-state index in [-0.39, 0.29) is 0 Å². The first kappa shape index (κ1) is 12.2. The highest BCUT2D eigenvalue weighted by Crippen LogP contribution is 2.13. The van der Waals surface area contributed by atoms with Gasteiger partial charge in [0.15, 0.2) is 0 Å². The Balaban J connectivity index is 2.79. The summed E-state index contributed by atoms with van der Waals surface area (Å²) in [5, 5.41) is 8.50. The molecule has 0 unspecified atom stereocenters. The van der Waals surface area contributed by atoms with Gasteiger partial charge in [0, 0.05) is 6.54 Å². The molecule has 86 valence electrons. The van der Waals surface area contributed by atoms with Crippen LogP contribution in [0.25, 0.3) is 0 Å². The van der Waals surface area contributed by atoms with Gasteiger partial charge in [-0.1, -0.05) is 32.4 Å². The molecule has 0 fully saturated rings. The smallest absolute Gasteiger partial charge is 0.0861 e. The van der Waals surface area contributed by atoms with Gasteiger partial charge in [0.25, 0.3) is 0 Å². The van der Waals surface area contributed by atoms with Gasteiger partial charge in [0.1, 0.15) is 0 Å². The first-order chi connectivity index (χ1) is 7.19. The van der Waals surface area contributed by atoms with Crippen LogP contribution in [0.2, 0.25) is 0 Å². The minimum absolute atomic E-state index is 0.660. The van der Waals surface area contributed by atoms with Crippen LogP contribution in [0.4, 0.5) is 0 Å². The average molecular weight is 209 g/mol. The summed E-state index contributed by atoms with van der Waals surface area (Å²) in [5.41, 5.74) is 2.56. The third-order valence-electron chi connectivity index (χ3n) is 2.59. The summed E-state index contributed by atoms with van der Waals surface area (Å²) in [5.74, 6) is 0.660. The molecule has 1 aromatic heterocycles. The maximum atomic E-state index is 4.29. The molecule has 0 N–H and O–H groups in total. The van der Waals surface area contributed by atoms with Crippen LogP contribution in [0, 0.1) is 5.92 Å². The molecule has 1 aromatic rings. The lowest BCUT2D eigenvalue weighted by molar-refractivity contribution is 0.586. The topological polar surface area (TPSA) is 30.7 Å². The molecule has 0 atom stereocenters. The number of rotatable bonds is 6. The Bertz CT molecular complexity index is 289. The summed E-state index contributed by atoms with van der Waals surface area (Å²) in [6.07, 6.45) is 4.65. The van der Waals surface area contributed by atoms with Crippen LogP contribution >= 0.6 is 0 Å². The summed E-state index contributed by atoms with van der Waals surface area (Å²) < 4.78 is 2.05. The molecule has 1 heterocycles. The minimum atomic E-state index is 0.660. The molecule has 0 saturated heterocycles. The minimum Gasteiger partial charge on any atom is -0.249 e. The number of hydrogen-bond donors (Lipinski definition) is 0. The van der Waals surface area contributed by atoms with E-state index in [2.05, 4.69) is 38.0 Å². The van der Waals surface area contributed by atoms with Gasteiger partial charge >= 0.3 is 0 Å². The zero-order valence-corrected chi connectivity index (χ0v) is 10.5. The van der Waals surface area contributed by atoms with Crippen LogP contribution in [0.15, 0.2) is 0 Å². The molecular formula is C12H23N3. The molecule has 0 bridgehead atoms. The fraction of sp³-hybridized carbons (Fsp3) is 0.833. The summed E-state index contributed by atoms with van der Waals surface area (Å²) in [6, 6.07) is 0. The first-order valence-corrected chi connectivity index (χ1v) is 6.10. The highest BCUT2D eigenvalue weighted by atomic mass is 15.4. The van der Waals surface area contributed by atoms with Gasteiger partial charge in [-0.05, 0) is 32.1 Å². The lowest BCUT2D eigenvalue weighted by Crippen LogP contribution is -2.05. The molecule has 15 heavy (non-hydrogen) atoms. The zero-order valence-electron chi connectivity index (χ0n) is 10.5. The van der Waals surface area contributed by atoms with E-state index in [9.17, 15) is 0 Å². The van der Waals surface area contributed by atoms with Crippen molar-refractivity contribution in [3.63, 3.8) is 0 Å². The Kier molecular flexibility index (Phi) is 4.79. The molecule has 0 aliphatic carbocycles. The molecule has 3 nitrogen and oxygen atoms in total. The van der Waals surface area contributed by atoms with Crippen LogP contribution in [0.3, 0.4) is 0 Å². The molecule has 0 radical (unpaired) electrons. The van der Waals surface area contributed by atoms with Crippen molar-refractivity contribution in [2.75, 3.05) is 0 Å². The van der Waals surface area contributed by atoms with Crippen molar-refractivity contribution < 1.29 is 0 Å². The quantitative estimate of drug-likeness (QED) is 0.721. The molecule has 0 spiro atoms. The van der Waals surface area contributed by atoms with Gasteiger partial charge in [-0.25, -0.2) is 4.68 Å². The second-order valence-electron chi connectivity index (χ2n) is 4.50. The van der Waals surface area contributed by atoms with E-state index in [1.165, 1.54) is 24.2 Å². The summed E-state index contributed by atoms with van der Waals surface area (Å²) in [4.78, 5) is 0. The highest BCUT2D eigenvalue weighted by Gasteiger charge is 2.12. The third kappa shape index (κ3) is 3.33. The molecule has 0 saturated carbocycles. The standard InChI is InChI=1S/C12H23N3/c1-5-7-8-12-11(9-10(3)4)13-14-15(12)6-2/h10H,5-9H2,1-4H3. The molecule has 3 heteroatoms. The van der Waals surface area contributed by atoms with E-state index in [0.717, 1.165) is 19.4 Å². The molecule has 0 aliphatic heterocycles. The van der Waals surface area contributed by atoms with Crippen LogP contribution in [0.5, 0.6) is 0 Å². The molecule has 0 amide bonds. The SMILES string of the molecule is CCCCc1c(CC(C)C)nnn1CC.